The molecule has 1 aromatic carbocycles. The first-order chi connectivity index (χ1) is 11.7. The molecule has 1 aliphatic heterocycles. The number of aromatic carboxylic acids is 1. The minimum absolute atomic E-state index is 0.261. The van der Waals surface area contributed by atoms with Crippen LogP contribution in [-0.2, 0) is 5.54 Å². The number of thiophene rings is 1. The van der Waals surface area contributed by atoms with Gasteiger partial charge < -0.3 is 15.5 Å². The number of hydrogen-bond acceptors (Lipinski definition) is 4. The summed E-state index contributed by atoms with van der Waals surface area (Å²) < 4.78 is 0.856. The molecule has 1 atom stereocenters. The minimum Gasteiger partial charge on any atom is -0.477 e. The van der Waals surface area contributed by atoms with E-state index in [1.807, 2.05) is 39.0 Å². The topological polar surface area (TPSA) is 89.9 Å². The zero-order valence-electron chi connectivity index (χ0n) is 14.5. The number of nitrogens with one attached hydrogen (secondary N) is 1. The van der Waals surface area contributed by atoms with Crippen LogP contribution < -0.4 is 5.32 Å². The van der Waals surface area contributed by atoms with E-state index in [0.717, 1.165) is 15.6 Å². The van der Waals surface area contributed by atoms with Crippen LogP contribution in [0.25, 0.3) is 10.1 Å². The highest BCUT2D eigenvalue weighted by molar-refractivity contribution is 7.20. The van der Waals surface area contributed by atoms with E-state index in [2.05, 4.69) is 5.32 Å². The third-order valence-electron chi connectivity index (χ3n) is 5.04. The van der Waals surface area contributed by atoms with Gasteiger partial charge in [-0.05, 0) is 28.5 Å². The fourth-order valence-electron chi connectivity index (χ4n) is 3.85. The Balaban J connectivity index is 2.33. The van der Waals surface area contributed by atoms with Crippen molar-refractivity contribution in [1.29, 1.82) is 0 Å². The van der Waals surface area contributed by atoms with Crippen LogP contribution in [0.5, 0.6) is 0 Å². The Bertz CT molecular complexity index is 839. The predicted octanol–water partition coefficient (Wildman–Crippen LogP) is 3.42. The lowest BCUT2D eigenvalue weighted by Crippen LogP contribution is -2.66. The Labute approximate surface area is 150 Å². The quantitative estimate of drug-likeness (QED) is 0.761. The van der Waals surface area contributed by atoms with Gasteiger partial charge in [0.15, 0.2) is 0 Å². The Kier molecular flexibility index (Phi) is 4.25. The molecule has 3 rings (SSSR count). The van der Waals surface area contributed by atoms with Crippen molar-refractivity contribution in [3.8, 4) is 0 Å². The zero-order chi connectivity index (χ0) is 18.4. The van der Waals surface area contributed by atoms with Crippen LogP contribution in [0.3, 0.4) is 0 Å². The van der Waals surface area contributed by atoms with Crippen molar-refractivity contribution in [2.75, 3.05) is 19.6 Å². The predicted molar refractivity (Wildman–Crippen MR) is 97.5 cm³/mol. The largest absolute Gasteiger partial charge is 0.477 e. The lowest BCUT2D eigenvalue weighted by atomic mass is 9.66. The molecule has 1 aliphatic rings. The molecule has 1 saturated heterocycles. The molecular formula is C18H22N2O4S. The summed E-state index contributed by atoms with van der Waals surface area (Å²) in [6.45, 7) is 7.56. The van der Waals surface area contributed by atoms with Crippen molar-refractivity contribution in [3.63, 3.8) is 0 Å². The summed E-state index contributed by atoms with van der Waals surface area (Å²) in [6, 6.07) is 7.35. The molecule has 0 saturated carbocycles. The van der Waals surface area contributed by atoms with Crippen molar-refractivity contribution in [1.82, 2.24) is 10.2 Å². The monoisotopic (exact) mass is 362 g/mol. The average Bonchev–Trinajstić information content (AvgIpc) is 2.98. The van der Waals surface area contributed by atoms with E-state index in [9.17, 15) is 19.8 Å². The summed E-state index contributed by atoms with van der Waals surface area (Å²) in [5.41, 5.74) is -0.317. The molecule has 1 aromatic heterocycles. The third kappa shape index (κ3) is 2.67. The van der Waals surface area contributed by atoms with Gasteiger partial charge >= 0.3 is 12.1 Å². The Morgan fingerprint density at radius 3 is 2.60 bits per heavy atom. The van der Waals surface area contributed by atoms with Crippen molar-refractivity contribution in [3.05, 3.63) is 34.7 Å². The number of nitrogens with zero attached hydrogens (tertiary/aromatic N) is 1. The molecule has 1 fully saturated rings. The summed E-state index contributed by atoms with van der Waals surface area (Å²) in [5, 5.41) is 23.4. The van der Waals surface area contributed by atoms with E-state index in [1.165, 1.54) is 16.2 Å². The van der Waals surface area contributed by atoms with E-state index < -0.39 is 23.0 Å². The molecule has 0 spiro atoms. The van der Waals surface area contributed by atoms with Gasteiger partial charge in [-0.1, -0.05) is 32.9 Å². The Hall–Kier alpha value is -2.12. The fraction of sp³-hybridized carbons (Fsp3) is 0.444. The maximum Gasteiger partial charge on any atom is 0.408 e. The number of carboxylic acid groups (broad SMARTS) is 2. The van der Waals surface area contributed by atoms with Gasteiger partial charge in [-0.3, -0.25) is 4.90 Å². The van der Waals surface area contributed by atoms with E-state index >= 15 is 0 Å². The van der Waals surface area contributed by atoms with Gasteiger partial charge in [0.25, 0.3) is 0 Å². The number of carboxylic acids is 1. The van der Waals surface area contributed by atoms with Gasteiger partial charge in [-0.2, -0.15) is 0 Å². The number of fused-ring (bicyclic) bond motifs is 1. The Morgan fingerprint density at radius 2 is 2.00 bits per heavy atom. The van der Waals surface area contributed by atoms with Crippen LogP contribution in [-0.4, -0.2) is 46.8 Å². The van der Waals surface area contributed by atoms with Gasteiger partial charge in [0.05, 0.1) is 5.54 Å². The van der Waals surface area contributed by atoms with Crippen LogP contribution in [0.2, 0.25) is 0 Å². The second-order valence-corrected chi connectivity index (χ2v) is 8.44. The number of piperazine rings is 1. The van der Waals surface area contributed by atoms with E-state index in [-0.39, 0.29) is 4.88 Å². The second-order valence-electron chi connectivity index (χ2n) is 7.35. The Morgan fingerprint density at radius 1 is 1.28 bits per heavy atom. The summed E-state index contributed by atoms with van der Waals surface area (Å²) in [6.07, 6.45) is -0.956. The molecule has 3 N–H and O–H groups in total. The van der Waals surface area contributed by atoms with Crippen LogP contribution in [0.4, 0.5) is 4.79 Å². The molecular weight excluding hydrogens is 340 g/mol. The number of amides is 1. The molecule has 0 radical (unpaired) electrons. The average molecular weight is 362 g/mol. The van der Waals surface area contributed by atoms with Crippen molar-refractivity contribution >= 4 is 33.5 Å². The van der Waals surface area contributed by atoms with Crippen molar-refractivity contribution in [2.24, 2.45) is 5.41 Å². The molecule has 2 heterocycles. The van der Waals surface area contributed by atoms with Crippen molar-refractivity contribution < 1.29 is 19.8 Å². The van der Waals surface area contributed by atoms with Gasteiger partial charge in [0.2, 0.25) is 0 Å². The fourth-order valence-corrected chi connectivity index (χ4v) is 4.77. The number of carbonyl (C=O) groups is 2. The van der Waals surface area contributed by atoms with Crippen LogP contribution in [0, 0.1) is 5.41 Å². The standard InChI is InChI=1S/C18H22N2O4S/c1-17(2,3)18(10-19-7-8-20(18)16(23)24)12-5-4-6-13-11(12)9-14(25-13)15(21)22/h4-6,9,19H,7-8,10H2,1-3H3,(H,21,22)(H,23,24). The lowest BCUT2D eigenvalue weighted by Gasteiger charge is -2.54. The molecule has 7 heteroatoms. The molecule has 1 unspecified atom stereocenters. The minimum atomic E-state index is -0.964. The molecule has 2 aromatic rings. The molecule has 25 heavy (non-hydrogen) atoms. The highest BCUT2D eigenvalue weighted by Gasteiger charge is 2.52. The normalized spacial score (nSPS) is 21.5. The summed E-state index contributed by atoms with van der Waals surface area (Å²) in [5.74, 6) is -0.964. The van der Waals surface area contributed by atoms with Gasteiger partial charge in [-0.15, -0.1) is 11.3 Å². The molecule has 1 amide bonds. The van der Waals surface area contributed by atoms with Gasteiger partial charge in [0.1, 0.15) is 4.88 Å². The van der Waals surface area contributed by atoms with Crippen molar-refractivity contribution in [2.45, 2.75) is 26.3 Å². The second kappa shape index (κ2) is 6.00. The lowest BCUT2D eigenvalue weighted by molar-refractivity contribution is -0.0173. The van der Waals surface area contributed by atoms with Crippen LogP contribution in [0.15, 0.2) is 24.3 Å². The molecule has 0 bridgehead atoms. The molecule has 134 valence electrons. The molecule has 6 nitrogen and oxygen atoms in total. The first kappa shape index (κ1) is 17.7. The van der Waals surface area contributed by atoms with Crippen LogP contribution in [0.1, 0.15) is 36.0 Å². The maximum atomic E-state index is 12.0. The number of rotatable bonds is 2. The number of hydrogen-bond donors (Lipinski definition) is 3. The smallest absolute Gasteiger partial charge is 0.408 e. The summed E-state index contributed by atoms with van der Waals surface area (Å²) in [4.78, 5) is 25.2. The number of benzene rings is 1. The van der Waals surface area contributed by atoms with E-state index in [0.29, 0.717) is 19.6 Å². The third-order valence-corrected chi connectivity index (χ3v) is 6.13. The zero-order valence-corrected chi connectivity index (χ0v) is 15.3. The van der Waals surface area contributed by atoms with Gasteiger partial charge in [-0.25, -0.2) is 9.59 Å². The van der Waals surface area contributed by atoms with Crippen LogP contribution >= 0.6 is 11.3 Å². The summed E-state index contributed by atoms with van der Waals surface area (Å²) in [7, 11) is 0. The van der Waals surface area contributed by atoms with E-state index in [4.69, 9.17) is 0 Å². The van der Waals surface area contributed by atoms with E-state index in [1.54, 1.807) is 6.07 Å². The maximum absolute atomic E-state index is 12.0. The molecule has 0 aliphatic carbocycles. The SMILES string of the molecule is CC(C)(C)C1(c2cccc3sc(C(=O)O)cc23)CNCCN1C(=O)O. The van der Waals surface area contributed by atoms with Gasteiger partial charge in [0, 0.05) is 24.3 Å². The highest BCUT2D eigenvalue weighted by atomic mass is 32.1. The first-order valence-corrected chi connectivity index (χ1v) is 8.98. The first-order valence-electron chi connectivity index (χ1n) is 8.16. The highest BCUT2D eigenvalue weighted by Crippen LogP contribution is 2.48. The summed E-state index contributed by atoms with van der Waals surface area (Å²) >= 11 is 1.22.